The first kappa shape index (κ1) is 18.9. The van der Waals surface area contributed by atoms with Gasteiger partial charge < -0.3 is 10.1 Å². The lowest BCUT2D eigenvalue weighted by atomic mass is 9.85. The van der Waals surface area contributed by atoms with Gasteiger partial charge in [0.2, 0.25) is 0 Å². The number of ether oxygens (including phenoxy) is 1. The summed E-state index contributed by atoms with van der Waals surface area (Å²) in [5, 5.41) is 3.32. The van der Waals surface area contributed by atoms with Gasteiger partial charge >= 0.3 is 6.18 Å². The summed E-state index contributed by atoms with van der Waals surface area (Å²) in [4.78, 5) is 6.75. The number of hydrogen-bond donors (Lipinski definition) is 1. The van der Waals surface area contributed by atoms with Gasteiger partial charge in [0.1, 0.15) is 10.4 Å². The number of pyridine rings is 1. The molecule has 140 valence electrons. The lowest BCUT2D eigenvalue weighted by molar-refractivity contribution is -0.182. The van der Waals surface area contributed by atoms with E-state index in [2.05, 4.69) is 31.1 Å². The highest BCUT2D eigenvalue weighted by Crippen LogP contribution is 2.38. The van der Waals surface area contributed by atoms with Crippen LogP contribution in [0.1, 0.15) is 31.2 Å². The summed E-state index contributed by atoms with van der Waals surface area (Å²) in [6.07, 6.45) is -2.63. The molecule has 0 aromatic carbocycles. The number of alkyl halides is 3. The number of nitrogens with one attached hydrogen (secondary N) is 1. The third-order valence-corrected chi connectivity index (χ3v) is 5.31. The van der Waals surface area contributed by atoms with Crippen molar-refractivity contribution in [2.45, 2.75) is 44.4 Å². The lowest BCUT2D eigenvalue weighted by Crippen LogP contribution is -2.35. The van der Waals surface area contributed by atoms with Gasteiger partial charge in [0.05, 0.1) is 19.1 Å². The molecule has 0 bridgehead atoms. The van der Waals surface area contributed by atoms with E-state index in [9.17, 15) is 13.2 Å². The van der Waals surface area contributed by atoms with Crippen LogP contribution in [0.15, 0.2) is 16.7 Å². The molecule has 1 aromatic heterocycles. The first-order chi connectivity index (χ1) is 11.9. The number of nitrogens with zero attached hydrogens (tertiary/aromatic N) is 2. The zero-order valence-corrected chi connectivity index (χ0v) is 15.6. The molecule has 1 aliphatic carbocycles. The predicted octanol–water partition coefficient (Wildman–Crippen LogP) is 4.21. The van der Waals surface area contributed by atoms with Crippen molar-refractivity contribution in [3.05, 3.63) is 22.3 Å². The Hall–Kier alpha value is -0.860. The van der Waals surface area contributed by atoms with E-state index in [1.807, 2.05) is 12.1 Å². The van der Waals surface area contributed by atoms with Crippen LogP contribution in [0.2, 0.25) is 0 Å². The van der Waals surface area contributed by atoms with Gasteiger partial charge in [-0.1, -0.05) is 0 Å². The van der Waals surface area contributed by atoms with Crippen molar-refractivity contribution in [1.29, 1.82) is 0 Å². The fourth-order valence-electron chi connectivity index (χ4n) is 3.51. The van der Waals surface area contributed by atoms with Crippen molar-refractivity contribution in [2.75, 3.05) is 31.6 Å². The fourth-order valence-corrected chi connectivity index (χ4v) is 3.99. The van der Waals surface area contributed by atoms with Crippen LogP contribution in [0.25, 0.3) is 0 Å². The lowest BCUT2D eigenvalue weighted by Gasteiger charge is -2.31. The largest absolute Gasteiger partial charge is 0.391 e. The number of hydrogen-bond acceptors (Lipinski definition) is 4. The highest BCUT2D eigenvalue weighted by atomic mass is 79.9. The Bertz CT molecular complexity index is 571. The van der Waals surface area contributed by atoms with Crippen molar-refractivity contribution in [3.8, 4) is 0 Å². The topological polar surface area (TPSA) is 37.4 Å². The van der Waals surface area contributed by atoms with Crippen LogP contribution >= 0.6 is 15.9 Å². The van der Waals surface area contributed by atoms with E-state index < -0.39 is 12.1 Å². The molecular weight excluding hydrogens is 399 g/mol. The zero-order valence-electron chi connectivity index (χ0n) is 14.0. The summed E-state index contributed by atoms with van der Waals surface area (Å²) in [6, 6.07) is 4.04. The van der Waals surface area contributed by atoms with Crippen LogP contribution in [-0.4, -0.2) is 48.4 Å². The highest BCUT2D eigenvalue weighted by molar-refractivity contribution is 9.10. The SMILES string of the molecule is FC(F)(F)C1CCC(Nc2cc(CN3CCOCC3)cc(Br)n2)CC1. The fraction of sp³-hybridized carbons (Fsp3) is 0.706. The molecule has 0 radical (unpaired) electrons. The van der Waals surface area contributed by atoms with Gasteiger partial charge in [-0.15, -0.1) is 0 Å². The van der Waals surface area contributed by atoms with E-state index in [0.29, 0.717) is 12.8 Å². The maximum atomic E-state index is 12.8. The minimum Gasteiger partial charge on any atom is -0.379 e. The molecule has 8 heteroatoms. The van der Waals surface area contributed by atoms with Crippen LogP contribution in [0.3, 0.4) is 0 Å². The molecule has 1 aromatic rings. The second kappa shape index (κ2) is 8.22. The Morgan fingerprint density at radius 3 is 2.48 bits per heavy atom. The molecule has 0 unspecified atom stereocenters. The molecule has 0 atom stereocenters. The Balaban J connectivity index is 1.57. The van der Waals surface area contributed by atoms with Gasteiger partial charge in [-0.3, -0.25) is 4.90 Å². The Kier molecular flexibility index (Phi) is 6.22. The molecule has 4 nitrogen and oxygen atoms in total. The van der Waals surface area contributed by atoms with Crippen LogP contribution in [0.4, 0.5) is 19.0 Å². The van der Waals surface area contributed by atoms with Gasteiger partial charge in [-0.2, -0.15) is 13.2 Å². The molecule has 1 aliphatic heterocycles. The highest BCUT2D eigenvalue weighted by Gasteiger charge is 2.41. The number of aromatic nitrogens is 1. The summed E-state index contributed by atoms with van der Waals surface area (Å²) in [5.74, 6) is -0.425. The second-order valence-corrected chi connectivity index (χ2v) is 7.62. The van der Waals surface area contributed by atoms with E-state index in [-0.39, 0.29) is 18.9 Å². The van der Waals surface area contributed by atoms with Gasteiger partial charge in [0.15, 0.2) is 0 Å². The second-order valence-electron chi connectivity index (χ2n) is 6.81. The number of morpholine rings is 1. The molecule has 0 spiro atoms. The minimum atomic E-state index is -4.07. The Morgan fingerprint density at radius 1 is 1.16 bits per heavy atom. The van der Waals surface area contributed by atoms with Gasteiger partial charge in [-0.05, 0) is 59.3 Å². The number of anilines is 1. The van der Waals surface area contributed by atoms with E-state index in [4.69, 9.17) is 4.74 Å². The molecule has 1 saturated heterocycles. The van der Waals surface area contributed by atoms with Crippen molar-refractivity contribution >= 4 is 21.7 Å². The van der Waals surface area contributed by atoms with E-state index in [0.717, 1.165) is 48.8 Å². The van der Waals surface area contributed by atoms with Crippen molar-refractivity contribution in [2.24, 2.45) is 5.92 Å². The molecule has 25 heavy (non-hydrogen) atoms. The first-order valence-corrected chi connectivity index (χ1v) is 9.49. The number of rotatable bonds is 4. The summed E-state index contributed by atoms with van der Waals surface area (Å²) in [5.41, 5.74) is 1.13. The standard InChI is InChI=1S/C17H23BrF3N3O/c18-15-9-12(11-24-5-7-25-8-6-24)10-16(23-15)22-14-3-1-13(2-4-14)17(19,20)21/h9-10,13-14H,1-8,11H2,(H,22,23). The normalized spacial score (nSPS) is 25.8. The van der Waals surface area contributed by atoms with Crippen LogP contribution in [0.5, 0.6) is 0 Å². The van der Waals surface area contributed by atoms with Crippen molar-refractivity contribution in [3.63, 3.8) is 0 Å². The summed E-state index contributed by atoms with van der Waals surface area (Å²) in [7, 11) is 0. The molecule has 0 amide bonds. The van der Waals surface area contributed by atoms with Crippen LogP contribution < -0.4 is 5.32 Å². The molecular formula is C17H23BrF3N3O. The van der Waals surface area contributed by atoms with E-state index in [1.54, 1.807) is 0 Å². The Morgan fingerprint density at radius 2 is 1.84 bits per heavy atom. The smallest absolute Gasteiger partial charge is 0.379 e. The minimum absolute atomic E-state index is 0.0524. The van der Waals surface area contributed by atoms with Gasteiger partial charge in [0.25, 0.3) is 0 Å². The van der Waals surface area contributed by atoms with Gasteiger partial charge in [0, 0.05) is 25.7 Å². The van der Waals surface area contributed by atoms with Gasteiger partial charge in [-0.25, -0.2) is 4.98 Å². The van der Waals surface area contributed by atoms with E-state index >= 15 is 0 Å². The average molecular weight is 422 g/mol. The Labute approximate surface area is 154 Å². The van der Waals surface area contributed by atoms with Crippen molar-refractivity contribution < 1.29 is 17.9 Å². The zero-order chi connectivity index (χ0) is 17.9. The summed E-state index contributed by atoms with van der Waals surface area (Å²) >= 11 is 3.44. The quantitative estimate of drug-likeness (QED) is 0.738. The van der Waals surface area contributed by atoms with E-state index in [1.165, 1.54) is 0 Å². The maximum Gasteiger partial charge on any atom is 0.391 e. The third kappa shape index (κ3) is 5.56. The van der Waals surface area contributed by atoms with Crippen molar-refractivity contribution in [1.82, 2.24) is 9.88 Å². The number of halogens is 4. The molecule has 1 saturated carbocycles. The maximum absolute atomic E-state index is 12.8. The molecule has 1 N–H and O–H groups in total. The average Bonchev–Trinajstić information content (AvgIpc) is 2.55. The van der Waals surface area contributed by atoms with Crippen LogP contribution in [-0.2, 0) is 11.3 Å². The van der Waals surface area contributed by atoms with Crippen LogP contribution in [0, 0.1) is 5.92 Å². The molecule has 2 heterocycles. The molecule has 2 aliphatic rings. The summed E-state index contributed by atoms with van der Waals surface area (Å²) < 4.78 is 44.4. The first-order valence-electron chi connectivity index (χ1n) is 8.70. The summed E-state index contributed by atoms with van der Waals surface area (Å²) in [6.45, 7) is 4.13. The third-order valence-electron chi connectivity index (χ3n) is 4.91. The molecule has 3 rings (SSSR count). The monoisotopic (exact) mass is 421 g/mol. The molecule has 2 fully saturated rings. The predicted molar refractivity (Wildman–Crippen MR) is 93.5 cm³/mol.